The highest BCUT2D eigenvalue weighted by Gasteiger charge is 2.19. The summed E-state index contributed by atoms with van der Waals surface area (Å²) in [5.41, 5.74) is 1.30. The molecule has 1 aromatic heterocycles. The molecule has 0 saturated heterocycles. The Hall–Kier alpha value is -0.390. The van der Waals surface area contributed by atoms with E-state index >= 15 is 0 Å². The lowest BCUT2D eigenvalue weighted by Gasteiger charge is -2.22. The molecule has 4 nitrogen and oxygen atoms in total. The average molecular weight is 359 g/mol. The third kappa shape index (κ3) is 6.49. The van der Waals surface area contributed by atoms with Crippen molar-refractivity contribution in [2.45, 2.75) is 52.6 Å². The summed E-state index contributed by atoms with van der Waals surface area (Å²) in [5, 5.41) is 8.24. The highest BCUT2D eigenvalue weighted by atomic mass is 79.9. The molecule has 1 rings (SSSR count). The minimum Gasteiger partial charge on any atom is -0.309 e. The van der Waals surface area contributed by atoms with Crippen molar-refractivity contribution in [1.82, 2.24) is 20.0 Å². The summed E-state index contributed by atoms with van der Waals surface area (Å²) in [6, 6.07) is 0.381. The van der Waals surface area contributed by atoms with Crippen LogP contribution in [-0.4, -0.2) is 41.9 Å². The van der Waals surface area contributed by atoms with E-state index in [1.54, 1.807) is 0 Å². The molecule has 0 radical (unpaired) electrons. The summed E-state index contributed by atoms with van der Waals surface area (Å²) < 4.78 is 3.27. The lowest BCUT2D eigenvalue weighted by molar-refractivity contribution is 0.354. The van der Waals surface area contributed by atoms with Gasteiger partial charge in [0, 0.05) is 6.54 Å². The van der Waals surface area contributed by atoms with Crippen molar-refractivity contribution >= 4 is 15.9 Å². The first-order valence-electron chi connectivity index (χ1n) is 8.05. The maximum atomic E-state index is 4.55. The molecular formula is C16H31BrN4. The van der Waals surface area contributed by atoms with Gasteiger partial charge in [-0.05, 0) is 61.8 Å². The van der Waals surface area contributed by atoms with Gasteiger partial charge in [-0.3, -0.25) is 4.68 Å². The van der Waals surface area contributed by atoms with E-state index in [4.69, 9.17) is 0 Å². The molecule has 1 unspecified atom stereocenters. The highest BCUT2D eigenvalue weighted by molar-refractivity contribution is 9.10. The predicted octanol–water partition coefficient (Wildman–Crippen LogP) is 3.68. The first kappa shape index (κ1) is 18.7. The molecule has 1 heterocycles. The fraction of sp³-hybridized carbons (Fsp3) is 0.812. The van der Waals surface area contributed by atoms with Crippen LogP contribution < -0.4 is 5.32 Å². The number of hydrogen-bond donors (Lipinski definition) is 1. The predicted molar refractivity (Wildman–Crippen MR) is 93.6 cm³/mol. The van der Waals surface area contributed by atoms with Gasteiger partial charge in [0.1, 0.15) is 0 Å². The zero-order chi connectivity index (χ0) is 15.8. The van der Waals surface area contributed by atoms with Crippen LogP contribution in [-0.2, 0) is 6.54 Å². The van der Waals surface area contributed by atoms with E-state index < -0.39 is 0 Å². The van der Waals surface area contributed by atoms with Crippen LogP contribution in [0, 0.1) is 5.92 Å². The molecule has 0 bridgehead atoms. The number of aromatic nitrogens is 2. The van der Waals surface area contributed by atoms with E-state index in [-0.39, 0.29) is 0 Å². The fourth-order valence-corrected chi connectivity index (χ4v) is 2.92. The Bertz CT molecular complexity index is 401. The minimum absolute atomic E-state index is 0.381. The number of nitrogens with one attached hydrogen (secondary N) is 1. The van der Waals surface area contributed by atoms with Crippen LogP contribution in [0.25, 0.3) is 0 Å². The number of nitrogens with zero attached hydrogens (tertiary/aromatic N) is 3. The first-order valence-corrected chi connectivity index (χ1v) is 8.84. The zero-order valence-electron chi connectivity index (χ0n) is 14.2. The second kappa shape index (κ2) is 9.59. The molecule has 0 aliphatic heterocycles. The van der Waals surface area contributed by atoms with Crippen LogP contribution in [0.3, 0.4) is 0 Å². The van der Waals surface area contributed by atoms with Crippen LogP contribution in [0.2, 0.25) is 0 Å². The molecule has 0 aliphatic carbocycles. The molecule has 0 aromatic carbocycles. The van der Waals surface area contributed by atoms with Gasteiger partial charge < -0.3 is 10.2 Å². The van der Waals surface area contributed by atoms with Crippen molar-refractivity contribution in [2.75, 3.05) is 27.2 Å². The lowest BCUT2D eigenvalue weighted by atomic mass is 10.0. The van der Waals surface area contributed by atoms with Crippen molar-refractivity contribution < 1.29 is 0 Å². The standard InChI is InChI=1S/C16H31BrN4/c1-6-9-18-15(8-7-13(2)3)16-14(17)12-19-21(16)11-10-20(4)5/h12-13,15,18H,6-11H2,1-5H3. The molecule has 21 heavy (non-hydrogen) atoms. The Morgan fingerprint density at radius 3 is 2.62 bits per heavy atom. The van der Waals surface area contributed by atoms with Gasteiger partial charge in [0.2, 0.25) is 0 Å². The Kier molecular flexibility index (Phi) is 8.52. The molecule has 0 saturated carbocycles. The number of halogens is 1. The summed E-state index contributed by atoms with van der Waals surface area (Å²) in [6.07, 6.45) is 5.47. The van der Waals surface area contributed by atoms with E-state index in [0.29, 0.717) is 6.04 Å². The first-order chi connectivity index (χ1) is 9.95. The lowest BCUT2D eigenvalue weighted by Crippen LogP contribution is -2.27. The summed E-state index contributed by atoms with van der Waals surface area (Å²) in [5.74, 6) is 0.729. The van der Waals surface area contributed by atoms with Crippen LogP contribution in [0.15, 0.2) is 10.7 Å². The number of rotatable bonds is 10. The normalized spacial score (nSPS) is 13.3. The number of hydrogen-bond acceptors (Lipinski definition) is 3. The van der Waals surface area contributed by atoms with Gasteiger partial charge in [0.15, 0.2) is 0 Å². The van der Waals surface area contributed by atoms with Gasteiger partial charge in [-0.15, -0.1) is 0 Å². The third-order valence-electron chi connectivity index (χ3n) is 3.60. The molecule has 1 aromatic rings. The molecule has 0 aliphatic rings. The molecule has 1 atom stereocenters. The number of likely N-dealkylation sites (N-methyl/N-ethyl adjacent to an activating group) is 1. The van der Waals surface area contributed by atoms with Crippen molar-refractivity contribution in [2.24, 2.45) is 5.92 Å². The molecule has 0 spiro atoms. The minimum atomic E-state index is 0.381. The van der Waals surface area contributed by atoms with Gasteiger partial charge in [-0.1, -0.05) is 20.8 Å². The highest BCUT2D eigenvalue weighted by Crippen LogP contribution is 2.28. The van der Waals surface area contributed by atoms with Crippen molar-refractivity contribution in [3.05, 3.63) is 16.4 Å². The maximum Gasteiger partial charge on any atom is 0.0696 e. The average Bonchev–Trinajstić information content (AvgIpc) is 2.78. The smallest absolute Gasteiger partial charge is 0.0696 e. The summed E-state index contributed by atoms with van der Waals surface area (Å²) >= 11 is 3.69. The van der Waals surface area contributed by atoms with Gasteiger partial charge in [0.25, 0.3) is 0 Å². The molecule has 1 N–H and O–H groups in total. The van der Waals surface area contributed by atoms with Crippen molar-refractivity contribution in [1.29, 1.82) is 0 Å². The van der Waals surface area contributed by atoms with E-state index in [9.17, 15) is 0 Å². The molecule has 0 fully saturated rings. The Morgan fingerprint density at radius 2 is 2.05 bits per heavy atom. The van der Waals surface area contributed by atoms with Crippen molar-refractivity contribution in [3.63, 3.8) is 0 Å². The third-order valence-corrected chi connectivity index (χ3v) is 4.21. The molecule has 0 amide bonds. The van der Waals surface area contributed by atoms with E-state index in [1.165, 1.54) is 12.1 Å². The van der Waals surface area contributed by atoms with Gasteiger partial charge in [-0.25, -0.2) is 0 Å². The zero-order valence-corrected chi connectivity index (χ0v) is 15.8. The Balaban J connectivity index is 2.85. The topological polar surface area (TPSA) is 33.1 Å². The molecular weight excluding hydrogens is 328 g/mol. The van der Waals surface area contributed by atoms with Crippen LogP contribution in [0.1, 0.15) is 51.8 Å². The van der Waals surface area contributed by atoms with Gasteiger partial charge in [-0.2, -0.15) is 5.10 Å². The molecule has 122 valence electrons. The monoisotopic (exact) mass is 358 g/mol. The summed E-state index contributed by atoms with van der Waals surface area (Å²) in [7, 11) is 4.20. The Labute approximate surface area is 138 Å². The quantitative estimate of drug-likeness (QED) is 0.692. The summed E-state index contributed by atoms with van der Waals surface area (Å²) in [6.45, 7) is 9.77. The van der Waals surface area contributed by atoms with Crippen LogP contribution in [0.5, 0.6) is 0 Å². The molecule has 5 heteroatoms. The van der Waals surface area contributed by atoms with Gasteiger partial charge in [0.05, 0.1) is 29.0 Å². The fourth-order valence-electron chi connectivity index (χ4n) is 2.35. The van der Waals surface area contributed by atoms with Crippen molar-refractivity contribution in [3.8, 4) is 0 Å². The van der Waals surface area contributed by atoms with Crippen LogP contribution in [0.4, 0.5) is 0 Å². The maximum absolute atomic E-state index is 4.55. The SMILES string of the molecule is CCCNC(CCC(C)C)c1c(Br)cnn1CCN(C)C. The van der Waals surface area contributed by atoms with E-state index in [1.807, 2.05) is 6.20 Å². The second-order valence-corrected chi connectivity index (χ2v) is 7.24. The van der Waals surface area contributed by atoms with Gasteiger partial charge >= 0.3 is 0 Å². The Morgan fingerprint density at radius 1 is 1.33 bits per heavy atom. The van der Waals surface area contributed by atoms with E-state index in [2.05, 4.69) is 70.8 Å². The second-order valence-electron chi connectivity index (χ2n) is 6.38. The van der Waals surface area contributed by atoms with Crippen LogP contribution >= 0.6 is 15.9 Å². The summed E-state index contributed by atoms with van der Waals surface area (Å²) in [4.78, 5) is 2.20. The van der Waals surface area contributed by atoms with E-state index in [0.717, 1.165) is 42.9 Å². The largest absolute Gasteiger partial charge is 0.309 e.